The SMILES string of the molecule is CCCOOS(=O)(=O)c1c2ccccc2cc2c(OCCC)cccc12. The Morgan fingerprint density at radius 2 is 1.58 bits per heavy atom. The van der Waals surface area contributed by atoms with Crippen LogP contribution in [0.15, 0.2) is 53.4 Å². The van der Waals surface area contributed by atoms with E-state index in [1.54, 1.807) is 24.3 Å². The lowest BCUT2D eigenvalue weighted by molar-refractivity contribution is -0.200. The summed E-state index contributed by atoms with van der Waals surface area (Å²) in [7, 11) is -4.10. The topological polar surface area (TPSA) is 61.8 Å². The molecule has 26 heavy (non-hydrogen) atoms. The van der Waals surface area contributed by atoms with Crippen molar-refractivity contribution in [3.63, 3.8) is 0 Å². The van der Waals surface area contributed by atoms with Crippen LogP contribution in [-0.2, 0) is 19.3 Å². The van der Waals surface area contributed by atoms with Crippen molar-refractivity contribution in [1.82, 2.24) is 0 Å². The maximum Gasteiger partial charge on any atom is 0.324 e. The lowest BCUT2D eigenvalue weighted by Gasteiger charge is -2.14. The van der Waals surface area contributed by atoms with E-state index in [2.05, 4.69) is 0 Å². The predicted octanol–water partition coefficient (Wildman–Crippen LogP) is 4.83. The Kier molecular flexibility index (Phi) is 5.76. The summed E-state index contributed by atoms with van der Waals surface area (Å²) < 4.78 is 36.4. The average molecular weight is 374 g/mol. The van der Waals surface area contributed by atoms with Gasteiger partial charge in [-0.25, -0.2) is 4.89 Å². The summed E-state index contributed by atoms with van der Waals surface area (Å²) in [6.07, 6.45) is 1.52. The van der Waals surface area contributed by atoms with E-state index in [9.17, 15) is 8.42 Å². The molecular weight excluding hydrogens is 352 g/mol. The number of benzene rings is 3. The van der Waals surface area contributed by atoms with Crippen LogP contribution in [0, 0.1) is 0 Å². The Bertz CT molecular complexity index is 1010. The lowest BCUT2D eigenvalue weighted by Crippen LogP contribution is -2.09. The summed E-state index contributed by atoms with van der Waals surface area (Å²) in [4.78, 5) is 4.98. The van der Waals surface area contributed by atoms with Crippen LogP contribution in [0.1, 0.15) is 26.7 Å². The van der Waals surface area contributed by atoms with E-state index < -0.39 is 10.1 Å². The first-order valence-corrected chi connectivity index (χ1v) is 10.1. The van der Waals surface area contributed by atoms with Crippen LogP contribution in [0.4, 0.5) is 0 Å². The second-order valence-corrected chi connectivity index (χ2v) is 7.42. The van der Waals surface area contributed by atoms with Crippen LogP contribution < -0.4 is 4.74 Å². The monoisotopic (exact) mass is 374 g/mol. The third kappa shape index (κ3) is 3.67. The number of ether oxygens (including phenoxy) is 1. The molecule has 6 heteroatoms. The molecule has 3 aromatic rings. The maximum atomic E-state index is 12.9. The van der Waals surface area contributed by atoms with Gasteiger partial charge in [0.1, 0.15) is 10.6 Å². The quantitative estimate of drug-likeness (QED) is 0.245. The van der Waals surface area contributed by atoms with Crippen LogP contribution in [0.2, 0.25) is 0 Å². The Hall–Kier alpha value is -2.15. The molecule has 0 bridgehead atoms. The van der Waals surface area contributed by atoms with Crippen molar-refractivity contribution in [2.24, 2.45) is 0 Å². The van der Waals surface area contributed by atoms with E-state index in [0.717, 1.165) is 17.2 Å². The van der Waals surface area contributed by atoms with Crippen molar-refractivity contribution in [2.45, 2.75) is 31.6 Å². The zero-order chi connectivity index (χ0) is 18.6. The van der Waals surface area contributed by atoms with Gasteiger partial charge in [-0.2, -0.15) is 8.42 Å². The first-order valence-electron chi connectivity index (χ1n) is 8.72. The molecule has 3 rings (SSSR count). The molecule has 0 N–H and O–H groups in total. The number of hydrogen-bond donors (Lipinski definition) is 0. The van der Waals surface area contributed by atoms with Crippen molar-refractivity contribution in [1.29, 1.82) is 0 Å². The molecule has 0 saturated carbocycles. The van der Waals surface area contributed by atoms with Gasteiger partial charge >= 0.3 is 10.1 Å². The van der Waals surface area contributed by atoms with Gasteiger partial charge in [-0.1, -0.05) is 50.2 Å². The van der Waals surface area contributed by atoms with E-state index in [1.807, 2.05) is 38.1 Å². The predicted molar refractivity (Wildman–Crippen MR) is 102 cm³/mol. The highest BCUT2D eigenvalue weighted by atomic mass is 32.2. The highest BCUT2D eigenvalue weighted by molar-refractivity contribution is 7.87. The molecule has 0 saturated heterocycles. The van der Waals surface area contributed by atoms with Gasteiger partial charge < -0.3 is 4.74 Å². The summed E-state index contributed by atoms with van der Waals surface area (Å²) in [5, 5.41) is 2.67. The van der Waals surface area contributed by atoms with Crippen LogP contribution in [0.3, 0.4) is 0 Å². The molecule has 0 aliphatic heterocycles. The van der Waals surface area contributed by atoms with E-state index >= 15 is 0 Å². The van der Waals surface area contributed by atoms with E-state index in [-0.39, 0.29) is 11.5 Å². The van der Waals surface area contributed by atoms with Crippen LogP contribution in [-0.4, -0.2) is 21.6 Å². The fourth-order valence-electron chi connectivity index (χ4n) is 2.84. The highest BCUT2D eigenvalue weighted by Crippen LogP contribution is 2.37. The number of fused-ring (bicyclic) bond motifs is 2. The van der Waals surface area contributed by atoms with Gasteiger partial charge in [0.15, 0.2) is 0 Å². The Morgan fingerprint density at radius 3 is 2.35 bits per heavy atom. The zero-order valence-electron chi connectivity index (χ0n) is 14.9. The normalized spacial score (nSPS) is 11.9. The smallest absolute Gasteiger partial charge is 0.324 e. The minimum Gasteiger partial charge on any atom is -0.493 e. The third-order valence-corrected chi connectivity index (χ3v) is 5.17. The largest absolute Gasteiger partial charge is 0.493 e. The zero-order valence-corrected chi connectivity index (χ0v) is 15.7. The molecule has 0 fully saturated rings. The van der Waals surface area contributed by atoms with E-state index in [0.29, 0.717) is 29.5 Å². The van der Waals surface area contributed by atoms with Gasteiger partial charge in [0.25, 0.3) is 0 Å². The van der Waals surface area contributed by atoms with Crippen LogP contribution >= 0.6 is 0 Å². The van der Waals surface area contributed by atoms with Crippen LogP contribution in [0.25, 0.3) is 21.5 Å². The average Bonchev–Trinajstić information content (AvgIpc) is 2.64. The van der Waals surface area contributed by atoms with Crippen molar-refractivity contribution in [3.05, 3.63) is 48.5 Å². The van der Waals surface area contributed by atoms with Gasteiger partial charge in [0.2, 0.25) is 0 Å². The molecule has 0 aliphatic carbocycles. The minimum absolute atomic E-state index is 0.101. The maximum absolute atomic E-state index is 12.9. The Labute approximate surface area is 153 Å². The molecule has 0 aliphatic rings. The molecule has 0 atom stereocenters. The second-order valence-electron chi connectivity index (χ2n) is 5.97. The highest BCUT2D eigenvalue weighted by Gasteiger charge is 2.24. The number of hydrogen-bond acceptors (Lipinski definition) is 5. The molecule has 0 radical (unpaired) electrons. The summed E-state index contributed by atoms with van der Waals surface area (Å²) in [5.41, 5.74) is 0. The fourth-order valence-corrected chi connectivity index (χ4v) is 4.01. The number of rotatable bonds is 8. The molecule has 0 heterocycles. The molecule has 0 aromatic heterocycles. The van der Waals surface area contributed by atoms with Gasteiger partial charge in [0.05, 0.1) is 13.2 Å². The second kappa shape index (κ2) is 8.03. The molecule has 3 aromatic carbocycles. The minimum atomic E-state index is -4.10. The first kappa shape index (κ1) is 18.6. The molecule has 0 amide bonds. The van der Waals surface area contributed by atoms with Gasteiger partial charge in [-0.3, -0.25) is 0 Å². The first-order chi connectivity index (χ1) is 12.6. The summed E-state index contributed by atoms with van der Waals surface area (Å²) >= 11 is 0. The lowest BCUT2D eigenvalue weighted by atomic mass is 10.0. The molecule has 0 spiro atoms. The van der Waals surface area contributed by atoms with E-state index in [4.69, 9.17) is 14.0 Å². The van der Waals surface area contributed by atoms with E-state index in [1.165, 1.54) is 0 Å². The van der Waals surface area contributed by atoms with Gasteiger partial charge in [-0.15, -0.1) is 4.33 Å². The third-order valence-electron chi connectivity index (χ3n) is 3.95. The molecule has 5 nitrogen and oxygen atoms in total. The summed E-state index contributed by atoms with van der Waals surface area (Å²) in [6, 6.07) is 14.7. The van der Waals surface area contributed by atoms with Crippen molar-refractivity contribution in [3.8, 4) is 5.75 Å². The molecule has 0 unspecified atom stereocenters. The van der Waals surface area contributed by atoms with Crippen molar-refractivity contribution < 1.29 is 22.4 Å². The van der Waals surface area contributed by atoms with Crippen molar-refractivity contribution in [2.75, 3.05) is 13.2 Å². The molecular formula is C20H22O5S. The van der Waals surface area contributed by atoms with Gasteiger partial charge in [0, 0.05) is 16.2 Å². The van der Waals surface area contributed by atoms with Crippen molar-refractivity contribution >= 4 is 31.7 Å². The summed E-state index contributed by atoms with van der Waals surface area (Å²) in [5.74, 6) is 0.654. The van der Waals surface area contributed by atoms with Crippen LogP contribution in [0.5, 0.6) is 5.75 Å². The van der Waals surface area contributed by atoms with Gasteiger partial charge in [-0.05, 0) is 30.4 Å². The molecule has 138 valence electrons. The fraction of sp³-hybridized carbons (Fsp3) is 0.300. The summed E-state index contributed by atoms with van der Waals surface area (Å²) in [6.45, 7) is 4.66. The Morgan fingerprint density at radius 1 is 0.846 bits per heavy atom. The Balaban J connectivity index is 2.27. The standard InChI is InChI=1S/C20H22O5S/c1-3-12-23-19-11-7-10-17-18(19)14-15-8-5-6-9-16(15)20(17)26(21,22)25-24-13-4-2/h5-11,14H,3-4,12-13H2,1-2H3.